The molecule has 0 aromatic rings. The SMILES string of the molecule is FC1C=CC(I)=CN1. The molecule has 1 atom stereocenters. The van der Waals surface area contributed by atoms with Crippen LogP contribution in [-0.4, -0.2) is 6.30 Å². The Morgan fingerprint density at radius 2 is 2.50 bits per heavy atom. The average Bonchev–Trinajstić information content (AvgIpc) is 1.77. The first kappa shape index (κ1) is 6.07. The minimum atomic E-state index is -0.992. The molecule has 1 heterocycles. The maximum atomic E-state index is 12.1. The number of halogens is 2. The molecule has 8 heavy (non-hydrogen) atoms. The molecule has 0 radical (unpaired) electrons. The molecular formula is C5H5FIN. The van der Waals surface area contributed by atoms with Crippen molar-refractivity contribution >= 4 is 22.6 Å². The molecule has 0 bridgehead atoms. The number of alkyl halides is 1. The predicted octanol–water partition coefficient (Wildman–Crippen LogP) is 1.72. The van der Waals surface area contributed by atoms with Crippen LogP contribution in [0.15, 0.2) is 21.9 Å². The quantitative estimate of drug-likeness (QED) is 0.488. The van der Waals surface area contributed by atoms with Crippen LogP contribution in [0, 0.1) is 0 Å². The summed E-state index contributed by atoms with van der Waals surface area (Å²) < 4.78 is 13.1. The lowest BCUT2D eigenvalue weighted by molar-refractivity contribution is 0.364. The van der Waals surface area contributed by atoms with Gasteiger partial charge >= 0.3 is 0 Å². The molecule has 0 aromatic carbocycles. The zero-order valence-corrected chi connectivity index (χ0v) is 6.22. The van der Waals surface area contributed by atoms with Gasteiger partial charge < -0.3 is 5.32 Å². The molecule has 0 amide bonds. The Morgan fingerprint density at radius 1 is 1.75 bits per heavy atom. The molecule has 1 nitrogen and oxygen atoms in total. The molecule has 0 aliphatic carbocycles. The van der Waals surface area contributed by atoms with Gasteiger partial charge in [0.1, 0.15) is 0 Å². The summed E-state index contributed by atoms with van der Waals surface area (Å²) in [6.07, 6.45) is 3.86. The highest BCUT2D eigenvalue weighted by Crippen LogP contribution is 2.10. The largest absolute Gasteiger partial charge is 0.358 e. The van der Waals surface area contributed by atoms with Gasteiger partial charge in [-0.2, -0.15) is 0 Å². The second kappa shape index (κ2) is 2.48. The normalized spacial score (nSPS) is 26.8. The van der Waals surface area contributed by atoms with Crippen LogP contribution < -0.4 is 5.32 Å². The van der Waals surface area contributed by atoms with Gasteiger partial charge in [0.2, 0.25) is 0 Å². The highest BCUT2D eigenvalue weighted by molar-refractivity contribution is 14.1. The fourth-order valence-corrected chi connectivity index (χ4v) is 0.827. The predicted molar refractivity (Wildman–Crippen MR) is 39.3 cm³/mol. The van der Waals surface area contributed by atoms with Crippen LogP contribution >= 0.6 is 22.6 Å². The molecule has 1 N–H and O–H groups in total. The van der Waals surface area contributed by atoms with Crippen molar-refractivity contribution in [3.8, 4) is 0 Å². The smallest absolute Gasteiger partial charge is 0.188 e. The van der Waals surface area contributed by atoms with Crippen molar-refractivity contribution in [1.82, 2.24) is 5.32 Å². The topological polar surface area (TPSA) is 12.0 Å². The van der Waals surface area contributed by atoms with Gasteiger partial charge in [0.05, 0.1) is 0 Å². The molecule has 3 heteroatoms. The maximum absolute atomic E-state index is 12.1. The van der Waals surface area contributed by atoms with Crippen LogP contribution in [-0.2, 0) is 0 Å². The van der Waals surface area contributed by atoms with Gasteiger partial charge in [-0.3, -0.25) is 0 Å². The number of dihydropyridines is 1. The third kappa shape index (κ3) is 1.47. The molecule has 1 aliphatic heterocycles. The van der Waals surface area contributed by atoms with E-state index in [2.05, 4.69) is 27.9 Å². The number of nitrogens with one attached hydrogen (secondary N) is 1. The molecule has 0 spiro atoms. The fourth-order valence-electron chi connectivity index (χ4n) is 0.439. The molecule has 0 saturated heterocycles. The molecule has 1 aliphatic rings. The third-order valence-corrected chi connectivity index (χ3v) is 1.48. The van der Waals surface area contributed by atoms with Gasteiger partial charge in [-0.15, -0.1) is 0 Å². The monoisotopic (exact) mass is 225 g/mol. The first-order valence-corrected chi connectivity index (χ1v) is 3.31. The van der Waals surface area contributed by atoms with Gasteiger partial charge in [0.25, 0.3) is 0 Å². The lowest BCUT2D eigenvalue weighted by Crippen LogP contribution is -2.18. The third-order valence-electron chi connectivity index (χ3n) is 0.805. The maximum Gasteiger partial charge on any atom is 0.188 e. The van der Waals surface area contributed by atoms with E-state index >= 15 is 0 Å². The van der Waals surface area contributed by atoms with Crippen LogP contribution in [0.3, 0.4) is 0 Å². The van der Waals surface area contributed by atoms with E-state index in [1.54, 1.807) is 12.3 Å². The van der Waals surface area contributed by atoms with E-state index < -0.39 is 6.30 Å². The van der Waals surface area contributed by atoms with Crippen molar-refractivity contribution in [2.75, 3.05) is 0 Å². The molecule has 0 saturated carbocycles. The zero-order chi connectivity index (χ0) is 5.98. The van der Waals surface area contributed by atoms with Gasteiger partial charge in [-0.05, 0) is 34.7 Å². The number of allylic oxidation sites excluding steroid dienone is 2. The number of hydrogen-bond acceptors (Lipinski definition) is 1. The molecule has 0 fully saturated rings. The van der Waals surface area contributed by atoms with E-state index in [-0.39, 0.29) is 0 Å². The summed E-state index contributed by atoms with van der Waals surface area (Å²) in [5.74, 6) is 0. The minimum absolute atomic E-state index is 0.992. The van der Waals surface area contributed by atoms with Crippen LogP contribution in [0.25, 0.3) is 0 Å². The summed E-state index contributed by atoms with van der Waals surface area (Å²) in [5.41, 5.74) is 0. The van der Waals surface area contributed by atoms with Crippen molar-refractivity contribution in [3.63, 3.8) is 0 Å². The second-order valence-electron chi connectivity index (χ2n) is 1.46. The Hall–Kier alpha value is -0.0600. The van der Waals surface area contributed by atoms with Gasteiger partial charge in [0.15, 0.2) is 6.30 Å². The standard InChI is InChI=1S/C5H5FIN/c6-5-2-1-4(7)3-8-5/h1-3,5,8H. The molecular weight excluding hydrogens is 220 g/mol. The Bertz CT molecular complexity index is 141. The van der Waals surface area contributed by atoms with E-state index in [0.29, 0.717) is 0 Å². The highest BCUT2D eigenvalue weighted by atomic mass is 127. The van der Waals surface area contributed by atoms with Gasteiger partial charge in [-0.25, -0.2) is 4.39 Å². The highest BCUT2D eigenvalue weighted by Gasteiger charge is 2.00. The van der Waals surface area contributed by atoms with E-state index in [9.17, 15) is 4.39 Å². The fraction of sp³-hybridized carbons (Fsp3) is 0.200. The first-order valence-electron chi connectivity index (χ1n) is 2.23. The van der Waals surface area contributed by atoms with Crippen LogP contribution in [0.4, 0.5) is 4.39 Å². The van der Waals surface area contributed by atoms with E-state index in [4.69, 9.17) is 0 Å². The second-order valence-corrected chi connectivity index (χ2v) is 2.70. The Kier molecular flexibility index (Phi) is 1.88. The molecule has 1 unspecified atom stereocenters. The van der Waals surface area contributed by atoms with Crippen molar-refractivity contribution in [1.29, 1.82) is 0 Å². The summed E-state index contributed by atoms with van der Waals surface area (Å²) in [5, 5.41) is 2.51. The zero-order valence-electron chi connectivity index (χ0n) is 4.07. The Morgan fingerprint density at radius 3 is 2.88 bits per heavy atom. The van der Waals surface area contributed by atoms with Crippen molar-refractivity contribution in [2.24, 2.45) is 0 Å². The summed E-state index contributed by atoms with van der Waals surface area (Å²) in [6.45, 7) is 0. The summed E-state index contributed by atoms with van der Waals surface area (Å²) in [4.78, 5) is 0. The van der Waals surface area contributed by atoms with Crippen molar-refractivity contribution in [2.45, 2.75) is 6.30 Å². The lowest BCUT2D eigenvalue weighted by atomic mass is 10.4. The van der Waals surface area contributed by atoms with E-state index in [0.717, 1.165) is 3.58 Å². The Labute approximate surface area is 60.8 Å². The van der Waals surface area contributed by atoms with Gasteiger partial charge in [0, 0.05) is 9.78 Å². The van der Waals surface area contributed by atoms with E-state index in [1.165, 1.54) is 6.08 Å². The lowest BCUT2D eigenvalue weighted by Gasteiger charge is -2.06. The van der Waals surface area contributed by atoms with Crippen molar-refractivity contribution < 1.29 is 4.39 Å². The van der Waals surface area contributed by atoms with Crippen LogP contribution in [0.5, 0.6) is 0 Å². The number of hydrogen-bond donors (Lipinski definition) is 1. The van der Waals surface area contributed by atoms with Crippen LogP contribution in [0.2, 0.25) is 0 Å². The Balaban J connectivity index is 2.58. The van der Waals surface area contributed by atoms with Gasteiger partial charge in [-0.1, -0.05) is 0 Å². The summed E-state index contributed by atoms with van der Waals surface area (Å²) >= 11 is 2.11. The van der Waals surface area contributed by atoms with E-state index in [1.807, 2.05) is 0 Å². The molecule has 0 aromatic heterocycles. The minimum Gasteiger partial charge on any atom is -0.358 e. The number of rotatable bonds is 0. The van der Waals surface area contributed by atoms with Crippen LogP contribution in [0.1, 0.15) is 0 Å². The first-order chi connectivity index (χ1) is 3.79. The summed E-state index contributed by atoms with van der Waals surface area (Å²) in [7, 11) is 0. The molecule has 44 valence electrons. The van der Waals surface area contributed by atoms with Crippen molar-refractivity contribution in [3.05, 3.63) is 21.9 Å². The molecule has 1 rings (SSSR count). The average molecular weight is 225 g/mol. The summed E-state index contributed by atoms with van der Waals surface area (Å²) in [6, 6.07) is 0.